The molecule has 0 unspecified atom stereocenters. The van der Waals surface area contributed by atoms with Gasteiger partial charge in [0.1, 0.15) is 12.1 Å². The molecular formula is C25H30N4O5. The number of rotatable bonds is 7. The third-order valence-electron chi connectivity index (χ3n) is 5.71. The number of amides is 4. The van der Waals surface area contributed by atoms with Crippen molar-refractivity contribution in [2.24, 2.45) is 11.8 Å². The Labute approximate surface area is 198 Å². The molecule has 0 aromatic heterocycles. The number of hydrogen-bond donors (Lipinski definition) is 4. The predicted octanol–water partition coefficient (Wildman–Crippen LogP) is 3.15. The Morgan fingerprint density at radius 3 is 2.15 bits per heavy atom. The Kier molecular flexibility index (Phi) is 7.55. The van der Waals surface area contributed by atoms with Crippen LogP contribution in [0.1, 0.15) is 39.3 Å². The van der Waals surface area contributed by atoms with Crippen LogP contribution in [0.25, 0.3) is 0 Å². The van der Waals surface area contributed by atoms with Gasteiger partial charge in [0.05, 0.1) is 11.4 Å². The van der Waals surface area contributed by atoms with Crippen LogP contribution in [0.15, 0.2) is 54.6 Å². The molecule has 0 saturated carbocycles. The van der Waals surface area contributed by atoms with E-state index < -0.39 is 36.0 Å². The third-order valence-corrected chi connectivity index (χ3v) is 5.71. The molecule has 0 radical (unpaired) electrons. The van der Waals surface area contributed by atoms with Gasteiger partial charge in [-0.1, -0.05) is 70.2 Å². The summed E-state index contributed by atoms with van der Waals surface area (Å²) in [5.41, 5.74) is 1.44. The molecule has 1 aliphatic heterocycles. The van der Waals surface area contributed by atoms with Gasteiger partial charge in [-0.25, -0.2) is 9.59 Å². The first-order valence-corrected chi connectivity index (χ1v) is 11.2. The van der Waals surface area contributed by atoms with E-state index in [4.69, 9.17) is 0 Å². The number of carboxylic acid groups (broad SMARTS) is 1. The molecule has 0 aliphatic carbocycles. The van der Waals surface area contributed by atoms with Crippen molar-refractivity contribution in [1.82, 2.24) is 10.6 Å². The highest BCUT2D eigenvalue weighted by atomic mass is 16.4. The van der Waals surface area contributed by atoms with Crippen molar-refractivity contribution in [3.05, 3.63) is 60.2 Å². The van der Waals surface area contributed by atoms with Gasteiger partial charge in [-0.05, 0) is 29.5 Å². The lowest BCUT2D eigenvalue weighted by molar-refractivity contribution is -0.142. The van der Waals surface area contributed by atoms with E-state index in [0.717, 1.165) is 0 Å². The molecule has 2 aromatic carbocycles. The number of urea groups is 1. The molecule has 180 valence electrons. The summed E-state index contributed by atoms with van der Waals surface area (Å²) in [4.78, 5) is 52.6. The van der Waals surface area contributed by atoms with Crippen molar-refractivity contribution < 1.29 is 24.3 Å². The summed E-state index contributed by atoms with van der Waals surface area (Å²) in [5, 5.41) is 17.8. The average molecular weight is 467 g/mol. The van der Waals surface area contributed by atoms with E-state index in [1.54, 1.807) is 68.4 Å². The quantitative estimate of drug-likeness (QED) is 0.498. The fourth-order valence-corrected chi connectivity index (χ4v) is 4.00. The molecule has 0 bridgehead atoms. The molecule has 4 amide bonds. The number of carbonyl (C=O) groups excluding carboxylic acids is 3. The fourth-order valence-electron chi connectivity index (χ4n) is 4.00. The summed E-state index contributed by atoms with van der Waals surface area (Å²) in [6, 6.07) is 11.6. The van der Waals surface area contributed by atoms with E-state index in [0.29, 0.717) is 16.9 Å². The van der Waals surface area contributed by atoms with E-state index in [1.165, 1.54) is 4.90 Å². The SMILES string of the molecule is CC(C)[C@H](NC(=O)N1c2ccccc2NC(=O)[C@@H]1C(C)C)C(=O)N[C@H](C(=O)O)c1ccccc1. The lowest BCUT2D eigenvalue weighted by Crippen LogP contribution is -2.60. The Bertz CT molecular complexity index is 1070. The summed E-state index contributed by atoms with van der Waals surface area (Å²) in [5.74, 6) is -2.70. The molecule has 0 saturated heterocycles. The van der Waals surface area contributed by atoms with Crippen LogP contribution in [0.3, 0.4) is 0 Å². The molecule has 0 fully saturated rings. The minimum absolute atomic E-state index is 0.195. The molecule has 9 nitrogen and oxygen atoms in total. The van der Waals surface area contributed by atoms with Crippen molar-refractivity contribution >= 4 is 35.2 Å². The maximum atomic E-state index is 13.5. The van der Waals surface area contributed by atoms with Gasteiger partial charge in [0.2, 0.25) is 11.8 Å². The van der Waals surface area contributed by atoms with Crippen LogP contribution in [0.4, 0.5) is 16.2 Å². The van der Waals surface area contributed by atoms with E-state index >= 15 is 0 Å². The highest BCUT2D eigenvalue weighted by Gasteiger charge is 2.40. The second kappa shape index (κ2) is 10.4. The lowest BCUT2D eigenvalue weighted by atomic mass is 9.97. The maximum Gasteiger partial charge on any atom is 0.330 e. The Morgan fingerprint density at radius 1 is 0.941 bits per heavy atom. The van der Waals surface area contributed by atoms with Crippen LogP contribution in [0.5, 0.6) is 0 Å². The molecule has 2 aromatic rings. The van der Waals surface area contributed by atoms with Crippen LogP contribution in [0.2, 0.25) is 0 Å². The van der Waals surface area contributed by atoms with Crippen molar-refractivity contribution in [2.45, 2.75) is 45.8 Å². The molecule has 1 aliphatic rings. The number of anilines is 2. The van der Waals surface area contributed by atoms with Gasteiger partial charge in [0, 0.05) is 0 Å². The maximum absolute atomic E-state index is 13.5. The number of fused-ring (bicyclic) bond motifs is 1. The Balaban J connectivity index is 1.87. The molecule has 3 atom stereocenters. The van der Waals surface area contributed by atoms with Gasteiger partial charge in [0.25, 0.3) is 0 Å². The van der Waals surface area contributed by atoms with Crippen LogP contribution in [-0.4, -0.2) is 41.0 Å². The van der Waals surface area contributed by atoms with Crippen LogP contribution in [0, 0.1) is 11.8 Å². The monoisotopic (exact) mass is 466 g/mol. The highest BCUT2D eigenvalue weighted by molar-refractivity contribution is 6.12. The van der Waals surface area contributed by atoms with Crippen LogP contribution in [-0.2, 0) is 14.4 Å². The van der Waals surface area contributed by atoms with E-state index in [2.05, 4.69) is 16.0 Å². The molecule has 4 N–H and O–H groups in total. The van der Waals surface area contributed by atoms with Gasteiger partial charge in [0.15, 0.2) is 6.04 Å². The molecule has 0 spiro atoms. The normalized spacial score (nSPS) is 16.9. The number of para-hydroxylation sites is 2. The Hall–Kier alpha value is -3.88. The standard InChI is InChI=1S/C25H30N4O5/c1-14(2)19(22(30)27-20(24(32)33)16-10-6-5-7-11-16)28-25(34)29-18-13-9-8-12-17(18)26-23(31)21(29)15(3)4/h5-15,19-21H,1-4H3,(H,26,31)(H,27,30)(H,28,34)(H,32,33)/t19-,20-,21-/m0/s1. The van der Waals surface area contributed by atoms with Crippen molar-refractivity contribution in [2.75, 3.05) is 10.2 Å². The molecule has 1 heterocycles. The first kappa shape index (κ1) is 24.8. The Morgan fingerprint density at radius 2 is 1.56 bits per heavy atom. The van der Waals surface area contributed by atoms with Gasteiger partial charge < -0.3 is 21.1 Å². The lowest BCUT2D eigenvalue weighted by Gasteiger charge is -2.39. The van der Waals surface area contributed by atoms with E-state index in [1.807, 2.05) is 13.8 Å². The van der Waals surface area contributed by atoms with Gasteiger partial charge in [-0.15, -0.1) is 0 Å². The fraction of sp³-hybridized carbons (Fsp3) is 0.360. The zero-order valence-corrected chi connectivity index (χ0v) is 19.6. The van der Waals surface area contributed by atoms with Crippen LogP contribution >= 0.6 is 0 Å². The number of aliphatic carboxylic acids is 1. The molecular weight excluding hydrogens is 436 g/mol. The zero-order chi connectivity index (χ0) is 25.0. The second-order valence-electron chi connectivity index (χ2n) is 8.93. The van der Waals surface area contributed by atoms with Crippen LogP contribution < -0.4 is 20.9 Å². The molecule has 9 heteroatoms. The van der Waals surface area contributed by atoms with Gasteiger partial charge >= 0.3 is 12.0 Å². The number of hydrogen-bond acceptors (Lipinski definition) is 4. The highest BCUT2D eigenvalue weighted by Crippen LogP contribution is 2.34. The average Bonchev–Trinajstić information content (AvgIpc) is 2.79. The smallest absolute Gasteiger partial charge is 0.330 e. The minimum atomic E-state index is -1.27. The number of nitrogens with one attached hydrogen (secondary N) is 3. The summed E-state index contributed by atoms with van der Waals surface area (Å²) >= 11 is 0. The second-order valence-corrected chi connectivity index (χ2v) is 8.93. The first-order valence-electron chi connectivity index (χ1n) is 11.2. The predicted molar refractivity (Wildman–Crippen MR) is 128 cm³/mol. The van der Waals surface area contributed by atoms with Crippen molar-refractivity contribution in [1.29, 1.82) is 0 Å². The summed E-state index contributed by atoms with van der Waals surface area (Å²) in [7, 11) is 0. The van der Waals surface area contributed by atoms with E-state index in [9.17, 15) is 24.3 Å². The minimum Gasteiger partial charge on any atom is -0.479 e. The number of carboxylic acids is 1. The van der Waals surface area contributed by atoms with Gasteiger partial charge in [-0.2, -0.15) is 0 Å². The number of benzene rings is 2. The van der Waals surface area contributed by atoms with E-state index in [-0.39, 0.29) is 17.7 Å². The van der Waals surface area contributed by atoms with Crippen molar-refractivity contribution in [3.63, 3.8) is 0 Å². The number of carbonyl (C=O) groups is 4. The largest absolute Gasteiger partial charge is 0.479 e. The number of nitrogens with zero attached hydrogens (tertiary/aromatic N) is 1. The first-order chi connectivity index (χ1) is 16.1. The molecule has 3 rings (SSSR count). The zero-order valence-electron chi connectivity index (χ0n) is 19.6. The van der Waals surface area contributed by atoms with Crippen molar-refractivity contribution in [3.8, 4) is 0 Å². The summed E-state index contributed by atoms with van der Waals surface area (Å²) in [6.45, 7) is 7.17. The summed E-state index contributed by atoms with van der Waals surface area (Å²) < 4.78 is 0. The summed E-state index contributed by atoms with van der Waals surface area (Å²) in [6.07, 6.45) is 0. The topological polar surface area (TPSA) is 128 Å². The third kappa shape index (κ3) is 5.19. The molecule has 34 heavy (non-hydrogen) atoms. The van der Waals surface area contributed by atoms with Gasteiger partial charge in [-0.3, -0.25) is 14.5 Å².